The maximum absolute atomic E-state index is 12.5. The third-order valence-corrected chi connectivity index (χ3v) is 5.31. The largest absolute Gasteiger partial charge is 0.353 e. The molecule has 3 nitrogen and oxygen atoms in total. The van der Waals surface area contributed by atoms with Crippen LogP contribution in [0.1, 0.15) is 59.3 Å². The molecule has 0 saturated heterocycles. The van der Waals surface area contributed by atoms with Crippen LogP contribution in [0.3, 0.4) is 0 Å². The molecule has 2 aliphatic carbocycles. The van der Waals surface area contributed by atoms with Crippen molar-refractivity contribution in [3.05, 3.63) is 0 Å². The van der Waals surface area contributed by atoms with E-state index in [4.69, 9.17) is 5.73 Å². The molecule has 19 heavy (non-hydrogen) atoms. The number of carbonyl (C=O) groups is 1. The van der Waals surface area contributed by atoms with Crippen LogP contribution >= 0.6 is 0 Å². The highest BCUT2D eigenvalue weighted by Crippen LogP contribution is 2.33. The minimum Gasteiger partial charge on any atom is -0.353 e. The van der Waals surface area contributed by atoms with Crippen molar-refractivity contribution in [3.63, 3.8) is 0 Å². The second kappa shape index (κ2) is 6.25. The Morgan fingerprint density at radius 3 is 2.47 bits per heavy atom. The predicted molar refractivity (Wildman–Crippen MR) is 78.6 cm³/mol. The Kier molecular flexibility index (Phi) is 4.88. The summed E-state index contributed by atoms with van der Waals surface area (Å²) in [4.78, 5) is 12.5. The fourth-order valence-electron chi connectivity index (χ4n) is 3.92. The van der Waals surface area contributed by atoms with Gasteiger partial charge < -0.3 is 11.1 Å². The lowest BCUT2D eigenvalue weighted by molar-refractivity contribution is -0.129. The van der Waals surface area contributed by atoms with Crippen LogP contribution in [0.4, 0.5) is 0 Å². The summed E-state index contributed by atoms with van der Waals surface area (Å²) < 4.78 is 0. The van der Waals surface area contributed by atoms with Gasteiger partial charge in [-0.3, -0.25) is 4.79 Å². The van der Waals surface area contributed by atoms with E-state index in [1.54, 1.807) is 0 Å². The summed E-state index contributed by atoms with van der Waals surface area (Å²) in [5, 5.41) is 3.29. The van der Waals surface area contributed by atoms with Crippen LogP contribution in [0.15, 0.2) is 0 Å². The molecule has 3 N–H and O–H groups in total. The van der Waals surface area contributed by atoms with Crippen LogP contribution in [0, 0.1) is 23.7 Å². The first-order chi connectivity index (χ1) is 8.97. The van der Waals surface area contributed by atoms with E-state index in [2.05, 4.69) is 26.1 Å². The first-order valence-electron chi connectivity index (χ1n) is 8.03. The van der Waals surface area contributed by atoms with E-state index in [1.165, 1.54) is 12.8 Å². The second-order valence-electron chi connectivity index (χ2n) is 7.17. The molecule has 110 valence electrons. The molecule has 0 bridgehead atoms. The Bertz CT molecular complexity index is 318. The number of rotatable bonds is 2. The first kappa shape index (κ1) is 14.8. The molecule has 6 atom stereocenters. The van der Waals surface area contributed by atoms with Gasteiger partial charge in [0.15, 0.2) is 0 Å². The number of hydrogen-bond acceptors (Lipinski definition) is 2. The first-order valence-corrected chi connectivity index (χ1v) is 8.03. The fourth-order valence-corrected chi connectivity index (χ4v) is 3.92. The number of hydrogen-bond donors (Lipinski definition) is 2. The highest BCUT2D eigenvalue weighted by Gasteiger charge is 2.35. The van der Waals surface area contributed by atoms with E-state index in [0.717, 1.165) is 31.6 Å². The number of carbonyl (C=O) groups excluding carboxylic acids is 1. The molecule has 1 amide bonds. The van der Waals surface area contributed by atoms with Crippen molar-refractivity contribution in [1.82, 2.24) is 5.32 Å². The average Bonchev–Trinajstić information content (AvgIpc) is 2.33. The summed E-state index contributed by atoms with van der Waals surface area (Å²) >= 11 is 0. The summed E-state index contributed by atoms with van der Waals surface area (Å²) in [6, 6.07) is 0.594. The molecule has 6 unspecified atom stereocenters. The van der Waals surface area contributed by atoms with Crippen molar-refractivity contribution in [2.45, 2.75) is 71.4 Å². The molecule has 0 aromatic rings. The lowest BCUT2D eigenvalue weighted by atomic mass is 9.72. The molecule has 2 rings (SSSR count). The molecule has 0 aromatic carbocycles. The molecule has 2 saturated carbocycles. The zero-order valence-electron chi connectivity index (χ0n) is 12.7. The van der Waals surface area contributed by atoms with Crippen molar-refractivity contribution in [1.29, 1.82) is 0 Å². The molecule has 0 spiro atoms. The Labute approximate surface area is 117 Å². The molecule has 0 radical (unpaired) electrons. The third-order valence-electron chi connectivity index (χ3n) is 5.31. The average molecular weight is 266 g/mol. The van der Waals surface area contributed by atoms with Crippen molar-refractivity contribution < 1.29 is 4.79 Å². The van der Waals surface area contributed by atoms with E-state index >= 15 is 0 Å². The Balaban J connectivity index is 1.88. The molecule has 0 heterocycles. The van der Waals surface area contributed by atoms with Gasteiger partial charge in [-0.2, -0.15) is 0 Å². The van der Waals surface area contributed by atoms with E-state index in [0.29, 0.717) is 17.9 Å². The number of amides is 1. The summed E-state index contributed by atoms with van der Waals surface area (Å²) in [7, 11) is 0. The van der Waals surface area contributed by atoms with Gasteiger partial charge in [0.25, 0.3) is 0 Å². The highest BCUT2D eigenvalue weighted by molar-refractivity contribution is 5.79. The molecule has 2 aliphatic rings. The van der Waals surface area contributed by atoms with E-state index in [-0.39, 0.29) is 17.9 Å². The molecular weight excluding hydrogens is 236 g/mol. The monoisotopic (exact) mass is 266 g/mol. The summed E-state index contributed by atoms with van der Waals surface area (Å²) in [6.45, 7) is 6.70. The van der Waals surface area contributed by atoms with Gasteiger partial charge >= 0.3 is 0 Å². The molecule has 3 heteroatoms. The maximum Gasteiger partial charge on any atom is 0.223 e. The van der Waals surface area contributed by atoms with Crippen LogP contribution in [0.5, 0.6) is 0 Å². The van der Waals surface area contributed by atoms with Crippen molar-refractivity contribution in [2.24, 2.45) is 29.4 Å². The Morgan fingerprint density at radius 1 is 1.05 bits per heavy atom. The predicted octanol–water partition coefficient (Wildman–Crippen LogP) is 2.69. The second-order valence-corrected chi connectivity index (χ2v) is 7.17. The number of nitrogens with two attached hydrogens (primary N) is 1. The molecule has 0 aliphatic heterocycles. The lowest BCUT2D eigenvalue weighted by Crippen LogP contribution is -2.48. The van der Waals surface area contributed by atoms with Crippen molar-refractivity contribution in [2.75, 3.05) is 0 Å². The van der Waals surface area contributed by atoms with Crippen LogP contribution in [0.2, 0.25) is 0 Å². The quantitative estimate of drug-likeness (QED) is 0.807. The van der Waals surface area contributed by atoms with Crippen LogP contribution in [-0.2, 0) is 4.79 Å². The van der Waals surface area contributed by atoms with Gasteiger partial charge in [-0.15, -0.1) is 0 Å². The molecular formula is C16H30N2O. The summed E-state index contributed by atoms with van der Waals surface area (Å²) in [6.07, 6.45) is 6.81. The fraction of sp³-hybridized carbons (Fsp3) is 0.938. The topological polar surface area (TPSA) is 55.1 Å². The maximum atomic E-state index is 12.5. The molecule has 2 fully saturated rings. The smallest absolute Gasteiger partial charge is 0.223 e. The Hall–Kier alpha value is -0.570. The van der Waals surface area contributed by atoms with Gasteiger partial charge in [0.1, 0.15) is 0 Å². The SMILES string of the molecule is CC1CCCC(NC(=O)C2CC(N)C(C)CC2C)C1. The zero-order valence-corrected chi connectivity index (χ0v) is 12.7. The van der Waals surface area contributed by atoms with E-state index in [1.807, 2.05) is 0 Å². The van der Waals surface area contributed by atoms with Gasteiger partial charge in [0.05, 0.1) is 0 Å². The van der Waals surface area contributed by atoms with Crippen LogP contribution in [0.25, 0.3) is 0 Å². The zero-order chi connectivity index (χ0) is 14.0. The Morgan fingerprint density at radius 2 is 1.79 bits per heavy atom. The standard InChI is InChI=1S/C16H30N2O/c1-10-5-4-6-13(7-10)18-16(19)14-9-15(17)12(3)8-11(14)2/h10-15H,4-9,17H2,1-3H3,(H,18,19). The summed E-state index contributed by atoms with van der Waals surface area (Å²) in [5.41, 5.74) is 6.14. The molecule has 0 aromatic heterocycles. The lowest BCUT2D eigenvalue weighted by Gasteiger charge is -2.37. The normalized spacial score (nSPS) is 43.8. The van der Waals surface area contributed by atoms with Crippen molar-refractivity contribution in [3.8, 4) is 0 Å². The van der Waals surface area contributed by atoms with Gasteiger partial charge in [0, 0.05) is 18.0 Å². The van der Waals surface area contributed by atoms with Crippen LogP contribution in [-0.4, -0.2) is 18.0 Å². The highest BCUT2D eigenvalue weighted by atomic mass is 16.2. The minimum absolute atomic E-state index is 0.128. The van der Waals surface area contributed by atoms with E-state index in [9.17, 15) is 4.79 Å². The summed E-state index contributed by atoms with van der Waals surface area (Å²) in [5.74, 6) is 2.16. The van der Waals surface area contributed by atoms with E-state index < -0.39 is 0 Å². The van der Waals surface area contributed by atoms with Gasteiger partial charge in [-0.1, -0.05) is 33.6 Å². The minimum atomic E-state index is 0.128. The van der Waals surface area contributed by atoms with Gasteiger partial charge in [0.2, 0.25) is 5.91 Å². The van der Waals surface area contributed by atoms with Crippen LogP contribution < -0.4 is 11.1 Å². The van der Waals surface area contributed by atoms with Crippen molar-refractivity contribution >= 4 is 5.91 Å². The third kappa shape index (κ3) is 3.71. The van der Waals surface area contributed by atoms with Gasteiger partial charge in [-0.05, 0) is 43.4 Å². The van der Waals surface area contributed by atoms with Gasteiger partial charge in [-0.25, -0.2) is 0 Å². The number of nitrogens with one attached hydrogen (secondary N) is 1.